The second-order valence-electron chi connectivity index (χ2n) is 11.8. The van der Waals surface area contributed by atoms with Crippen molar-refractivity contribution in [2.45, 2.75) is 82.2 Å². The molecular weight excluding hydrogens is 550 g/mol. The fourth-order valence-electron chi connectivity index (χ4n) is 7.37. The van der Waals surface area contributed by atoms with Crippen molar-refractivity contribution in [3.05, 3.63) is 49.6 Å². The minimum atomic E-state index is -1.15. The summed E-state index contributed by atoms with van der Waals surface area (Å²) in [5.74, 6) is -2.58. The van der Waals surface area contributed by atoms with E-state index in [2.05, 4.69) is 23.5 Å². The lowest BCUT2D eigenvalue weighted by atomic mass is 9.65. The maximum atomic E-state index is 14.6. The van der Waals surface area contributed by atoms with Crippen molar-refractivity contribution in [3.8, 4) is 0 Å². The van der Waals surface area contributed by atoms with Crippen LogP contribution in [0.2, 0.25) is 0 Å². The fraction of sp³-hybridized carbons (Fsp3) is 0.594. The van der Waals surface area contributed by atoms with Gasteiger partial charge < -0.3 is 24.4 Å². The van der Waals surface area contributed by atoms with Crippen molar-refractivity contribution in [1.29, 1.82) is 0 Å². The van der Waals surface area contributed by atoms with Crippen LogP contribution >= 0.6 is 0 Å². The Kier molecular flexibility index (Phi) is 9.31. The molecule has 2 bridgehead atoms. The van der Waals surface area contributed by atoms with E-state index in [9.17, 15) is 19.5 Å². The first-order valence-electron chi connectivity index (χ1n) is 15.4. The maximum Gasteiger partial charge on any atom is 0.312 e. The lowest BCUT2D eigenvalue weighted by Crippen LogP contribution is -2.56. The Labute approximate surface area is 252 Å². The number of nitrogens with zero attached hydrogens (tertiary/aromatic N) is 5. The molecule has 3 aliphatic rings. The first kappa shape index (κ1) is 30.9. The van der Waals surface area contributed by atoms with Crippen LogP contribution in [0.1, 0.15) is 58.3 Å². The predicted octanol–water partition coefficient (Wildman–Crippen LogP) is 3.23. The number of carbonyl (C=O) groups is 3. The van der Waals surface area contributed by atoms with E-state index >= 15 is 0 Å². The van der Waals surface area contributed by atoms with Gasteiger partial charge in [-0.05, 0) is 63.5 Å². The first-order chi connectivity index (χ1) is 20.9. The Hall–Kier alpha value is -3.57. The molecule has 232 valence electrons. The molecule has 5 rings (SSSR count). The third kappa shape index (κ3) is 5.37. The summed E-state index contributed by atoms with van der Waals surface area (Å²) >= 11 is 0. The molecule has 3 fully saturated rings. The molecule has 4 heterocycles. The van der Waals surface area contributed by atoms with Gasteiger partial charge in [0.2, 0.25) is 11.8 Å². The number of aliphatic hydroxyl groups excluding tert-OH is 1. The summed E-state index contributed by atoms with van der Waals surface area (Å²) in [7, 11) is 0. The van der Waals surface area contributed by atoms with Gasteiger partial charge in [-0.1, -0.05) is 36.4 Å². The summed E-state index contributed by atoms with van der Waals surface area (Å²) in [5, 5.41) is 18.0. The van der Waals surface area contributed by atoms with Gasteiger partial charge in [0.05, 0.1) is 23.6 Å². The van der Waals surface area contributed by atoms with Crippen molar-refractivity contribution in [2.75, 3.05) is 26.3 Å². The lowest BCUT2D eigenvalue weighted by Gasteiger charge is -2.36. The second kappa shape index (κ2) is 13.0. The average molecular weight is 594 g/mol. The van der Waals surface area contributed by atoms with Crippen LogP contribution in [0.25, 0.3) is 11.0 Å². The Morgan fingerprint density at radius 2 is 2.00 bits per heavy atom. The zero-order chi connectivity index (χ0) is 30.6. The van der Waals surface area contributed by atoms with Crippen LogP contribution in [-0.2, 0) is 30.5 Å². The number of fused-ring (bicyclic) bond motifs is 2. The van der Waals surface area contributed by atoms with Gasteiger partial charge in [0, 0.05) is 19.7 Å². The zero-order valence-corrected chi connectivity index (χ0v) is 25.0. The number of aliphatic hydroxyl groups is 1. The smallest absolute Gasteiger partial charge is 0.312 e. The van der Waals surface area contributed by atoms with E-state index in [-0.39, 0.29) is 44.8 Å². The maximum absolute atomic E-state index is 14.6. The van der Waals surface area contributed by atoms with Gasteiger partial charge in [-0.15, -0.1) is 18.3 Å². The van der Waals surface area contributed by atoms with Crippen LogP contribution in [0.15, 0.2) is 49.6 Å². The van der Waals surface area contributed by atoms with Gasteiger partial charge in [-0.2, -0.15) is 0 Å². The predicted molar refractivity (Wildman–Crippen MR) is 159 cm³/mol. The molecule has 1 N–H and O–H groups in total. The molecule has 1 aromatic carbocycles. The number of benzene rings is 1. The molecule has 3 aliphatic heterocycles. The molecule has 11 heteroatoms. The van der Waals surface area contributed by atoms with E-state index in [4.69, 9.17) is 9.47 Å². The number of aromatic nitrogens is 3. The van der Waals surface area contributed by atoms with Gasteiger partial charge in [-0.25, -0.2) is 4.68 Å². The minimum absolute atomic E-state index is 0.0204. The van der Waals surface area contributed by atoms with Crippen LogP contribution in [0.3, 0.4) is 0 Å². The van der Waals surface area contributed by atoms with Gasteiger partial charge in [0.1, 0.15) is 29.7 Å². The van der Waals surface area contributed by atoms with Gasteiger partial charge in [-0.3, -0.25) is 14.4 Å². The van der Waals surface area contributed by atoms with Crippen molar-refractivity contribution < 1.29 is 29.0 Å². The van der Waals surface area contributed by atoms with E-state index in [1.54, 1.807) is 20.6 Å². The van der Waals surface area contributed by atoms with Crippen LogP contribution in [0.4, 0.5) is 0 Å². The van der Waals surface area contributed by atoms with Gasteiger partial charge in [0.25, 0.3) is 0 Å². The van der Waals surface area contributed by atoms with Crippen LogP contribution in [0, 0.1) is 11.8 Å². The highest BCUT2D eigenvalue weighted by atomic mass is 16.6. The van der Waals surface area contributed by atoms with Crippen molar-refractivity contribution in [1.82, 2.24) is 24.8 Å². The van der Waals surface area contributed by atoms with Gasteiger partial charge in [0.15, 0.2) is 0 Å². The molecule has 1 aromatic heterocycles. The third-order valence-corrected chi connectivity index (χ3v) is 9.41. The molecule has 5 atom stereocenters. The minimum Gasteiger partial charge on any atom is -0.465 e. The molecule has 1 spiro atoms. The number of hydrogen-bond donors (Lipinski definition) is 1. The van der Waals surface area contributed by atoms with E-state index in [1.165, 1.54) is 0 Å². The quantitative estimate of drug-likeness (QED) is 0.179. The summed E-state index contributed by atoms with van der Waals surface area (Å²) in [6.45, 7) is 10.4. The van der Waals surface area contributed by atoms with Gasteiger partial charge >= 0.3 is 5.97 Å². The molecule has 0 radical (unpaired) electrons. The van der Waals surface area contributed by atoms with E-state index in [0.29, 0.717) is 44.0 Å². The number of amides is 2. The number of carbonyl (C=O) groups excluding carboxylic acids is 3. The van der Waals surface area contributed by atoms with Crippen molar-refractivity contribution >= 4 is 28.8 Å². The number of unbranched alkanes of at least 4 members (excludes halogenated alkanes) is 3. The number of ether oxygens (including phenoxy) is 2. The Balaban J connectivity index is 1.48. The molecule has 0 saturated carbocycles. The highest BCUT2D eigenvalue weighted by molar-refractivity contribution is 5.98. The largest absolute Gasteiger partial charge is 0.465 e. The molecule has 3 saturated heterocycles. The molecular formula is C32H43N5O6. The van der Waals surface area contributed by atoms with Crippen LogP contribution in [-0.4, -0.2) is 91.2 Å². The summed E-state index contributed by atoms with van der Waals surface area (Å²) in [5.41, 5.74) is -0.525. The number of allylic oxidation sites excluding steroid dienone is 1. The molecule has 0 aliphatic carbocycles. The normalized spacial score (nSPS) is 27.4. The molecule has 2 unspecified atom stereocenters. The Bertz CT molecular complexity index is 1360. The fourth-order valence-corrected chi connectivity index (χ4v) is 7.37. The van der Waals surface area contributed by atoms with Crippen LogP contribution < -0.4 is 0 Å². The number of likely N-dealkylation sites (tertiary alicyclic amines) is 1. The Morgan fingerprint density at radius 1 is 1.19 bits per heavy atom. The lowest BCUT2D eigenvalue weighted by molar-refractivity contribution is -0.162. The molecule has 11 nitrogen and oxygen atoms in total. The average Bonchev–Trinajstić information content (AvgIpc) is 3.74. The summed E-state index contributed by atoms with van der Waals surface area (Å²) in [4.78, 5) is 45.8. The number of rotatable bonds is 16. The Morgan fingerprint density at radius 3 is 2.74 bits per heavy atom. The van der Waals surface area contributed by atoms with E-state index in [0.717, 1.165) is 18.4 Å². The summed E-state index contributed by atoms with van der Waals surface area (Å²) in [6.07, 6.45) is 8.46. The van der Waals surface area contributed by atoms with E-state index < -0.39 is 35.0 Å². The van der Waals surface area contributed by atoms with Crippen molar-refractivity contribution in [2.24, 2.45) is 11.8 Å². The first-order valence-corrected chi connectivity index (χ1v) is 15.4. The summed E-state index contributed by atoms with van der Waals surface area (Å²) < 4.78 is 14.2. The van der Waals surface area contributed by atoms with Crippen molar-refractivity contribution in [3.63, 3.8) is 0 Å². The highest BCUT2D eigenvalue weighted by Gasteiger charge is 2.79. The zero-order valence-electron chi connectivity index (χ0n) is 25.0. The SMILES string of the molecule is C=CCCCCOC(=O)[C@@H]1[C@H]2C(=O)N(CCCCO)C(C(=O)N(CC=C)Cn3nnc4ccccc43)C23CC[C@@]1(CC)O3. The monoisotopic (exact) mass is 593 g/mol. The topological polar surface area (TPSA) is 127 Å². The molecule has 2 aromatic rings. The number of hydrogen-bond acceptors (Lipinski definition) is 8. The second-order valence-corrected chi connectivity index (χ2v) is 11.8. The number of esters is 1. The van der Waals surface area contributed by atoms with E-state index in [1.807, 2.05) is 37.3 Å². The standard InChI is InChI=1S/C32H43N5O6/c1-4-7-8-13-21-42-30(41)26-25-28(39)36(19-11-12-20-38)27(32(25)17-16-31(26,6-3)43-32)29(40)35(18-5-2)22-37-24-15-10-9-14-23(24)33-34-37/h4-5,9-10,14-15,25-27,38H,1-2,6-8,11-13,16-22H2,3H3/t25-,26-,27?,31+,32?/m0/s1. The third-order valence-electron chi connectivity index (χ3n) is 9.41. The number of para-hydroxylation sites is 1. The summed E-state index contributed by atoms with van der Waals surface area (Å²) in [6, 6.07) is 6.58. The molecule has 2 amide bonds. The van der Waals surface area contributed by atoms with Crippen LogP contribution in [0.5, 0.6) is 0 Å². The molecule has 43 heavy (non-hydrogen) atoms. The highest BCUT2D eigenvalue weighted by Crippen LogP contribution is 2.64.